The maximum Gasteiger partial charge on any atom is 0.253 e. The van der Waals surface area contributed by atoms with E-state index in [2.05, 4.69) is 16.0 Å². The summed E-state index contributed by atoms with van der Waals surface area (Å²) in [5, 5.41) is 10.7. The summed E-state index contributed by atoms with van der Waals surface area (Å²) >= 11 is 23.7. The first kappa shape index (κ1) is 22.6. The molecule has 1 atom stereocenters. The molecule has 3 N–H and O–H groups in total. The number of carbonyl (C=O) groups is 1. The molecule has 3 aromatic rings. The van der Waals surface area contributed by atoms with Crippen molar-refractivity contribution in [2.45, 2.75) is 23.8 Å². The number of aryl methyl sites for hydroxylation is 2. The summed E-state index contributed by atoms with van der Waals surface area (Å²) in [6, 6.07) is 19.0. The highest BCUT2D eigenvalue weighted by Gasteiger charge is 2.35. The molecule has 0 saturated carbocycles. The van der Waals surface area contributed by atoms with Gasteiger partial charge in [0.15, 0.2) is 5.11 Å². The molecule has 156 valence electrons. The van der Waals surface area contributed by atoms with E-state index in [4.69, 9.17) is 47.0 Å². The standard InChI is InChI=1S/C22H20Cl3N3OS/c1-13-10-11-14(2)18(12-13)26-21(30)28-20(22(23,24)25)27-19(29)17-9-5-7-15-6-3-4-8-16(15)17/h3-12,20H,1-2H3,(H,27,29)(H2,26,28,30)/t20-/m1/s1. The molecular weight excluding hydrogens is 461 g/mol. The Hall–Kier alpha value is -2.05. The quantitative estimate of drug-likeness (QED) is 0.248. The number of thiocarbonyl (C=S) groups is 1. The van der Waals surface area contributed by atoms with Gasteiger partial charge in [-0.2, -0.15) is 0 Å². The van der Waals surface area contributed by atoms with Crippen LogP contribution in [0, 0.1) is 13.8 Å². The van der Waals surface area contributed by atoms with Gasteiger partial charge < -0.3 is 16.0 Å². The second-order valence-corrected chi connectivity index (χ2v) is 9.67. The molecule has 0 radical (unpaired) electrons. The SMILES string of the molecule is Cc1ccc(C)c(NC(=S)N[C@@H](NC(=O)c2cccc3ccccc23)C(Cl)(Cl)Cl)c1. The summed E-state index contributed by atoms with van der Waals surface area (Å²) in [6.07, 6.45) is -1.06. The molecule has 4 nitrogen and oxygen atoms in total. The third-order valence-electron chi connectivity index (χ3n) is 4.55. The van der Waals surface area contributed by atoms with Gasteiger partial charge in [0.1, 0.15) is 6.17 Å². The molecule has 0 saturated heterocycles. The van der Waals surface area contributed by atoms with Gasteiger partial charge in [0.05, 0.1) is 0 Å². The lowest BCUT2D eigenvalue weighted by molar-refractivity contribution is 0.0936. The summed E-state index contributed by atoms with van der Waals surface area (Å²) in [6.45, 7) is 3.94. The zero-order valence-electron chi connectivity index (χ0n) is 16.3. The number of amides is 1. The second-order valence-electron chi connectivity index (χ2n) is 6.89. The van der Waals surface area contributed by atoms with Crippen LogP contribution in [-0.4, -0.2) is 21.0 Å². The monoisotopic (exact) mass is 479 g/mol. The molecule has 0 aromatic heterocycles. The van der Waals surface area contributed by atoms with E-state index in [1.807, 2.05) is 68.4 Å². The smallest absolute Gasteiger partial charge is 0.253 e. The van der Waals surface area contributed by atoms with Crippen LogP contribution >= 0.6 is 47.0 Å². The van der Waals surface area contributed by atoms with Crippen molar-refractivity contribution in [3.05, 3.63) is 77.4 Å². The predicted octanol–water partition coefficient (Wildman–Crippen LogP) is 5.87. The normalized spacial score (nSPS) is 12.3. The number of hydrogen-bond acceptors (Lipinski definition) is 2. The van der Waals surface area contributed by atoms with Crippen LogP contribution in [0.15, 0.2) is 60.7 Å². The highest BCUT2D eigenvalue weighted by Crippen LogP contribution is 2.30. The highest BCUT2D eigenvalue weighted by atomic mass is 35.6. The topological polar surface area (TPSA) is 53.2 Å². The molecule has 0 heterocycles. The first-order chi connectivity index (χ1) is 14.1. The highest BCUT2D eigenvalue weighted by molar-refractivity contribution is 7.80. The molecule has 30 heavy (non-hydrogen) atoms. The number of nitrogens with one attached hydrogen (secondary N) is 3. The van der Waals surface area contributed by atoms with Crippen molar-refractivity contribution in [3.63, 3.8) is 0 Å². The number of rotatable bonds is 4. The lowest BCUT2D eigenvalue weighted by Gasteiger charge is -2.28. The van der Waals surface area contributed by atoms with E-state index in [1.165, 1.54) is 0 Å². The molecule has 1 amide bonds. The Bertz CT molecular complexity index is 1090. The minimum Gasteiger partial charge on any atom is -0.339 e. The van der Waals surface area contributed by atoms with Crippen LogP contribution in [0.4, 0.5) is 5.69 Å². The number of alkyl halides is 3. The molecule has 3 rings (SSSR count). The minimum absolute atomic E-state index is 0.221. The predicted molar refractivity (Wildman–Crippen MR) is 131 cm³/mol. The van der Waals surface area contributed by atoms with Crippen molar-refractivity contribution in [2.24, 2.45) is 0 Å². The molecule has 0 aliphatic rings. The van der Waals surface area contributed by atoms with Gasteiger partial charge in [-0.1, -0.05) is 83.3 Å². The van der Waals surface area contributed by atoms with Gasteiger partial charge in [-0.3, -0.25) is 4.79 Å². The molecule has 0 unspecified atom stereocenters. The van der Waals surface area contributed by atoms with Crippen LogP contribution in [0.3, 0.4) is 0 Å². The van der Waals surface area contributed by atoms with Gasteiger partial charge in [-0.15, -0.1) is 0 Å². The lowest BCUT2D eigenvalue weighted by Crippen LogP contribution is -2.56. The van der Waals surface area contributed by atoms with E-state index in [0.717, 1.165) is 27.6 Å². The Morgan fingerprint density at radius 1 is 0.967 bits per heavy atom. The van der Waals surface area contributed by atoms with Crippen LogP contribution in [0.25, 0.3) is 10.8 Å². The van der Waals surface area contributed by atoms with Gasteiger partial charge in [0.2, 0.25) is 3.79 Å². The van der Waals surface area contributed by atoms with Crippen LogP contribution < -0.4 is 16.0 Å². The zero-order chi connectivity index (χ0) is 21.9. The van der Waals surface area contributed by atoms with Gasteiger partial charge >= 0.3 is 0 Å². The average molecular weight is 481 g/mol. The van der Waals surface area contributed by atoms with Crippen molar-refractivity contribution in [1.29, 1.82) is 0 Å². The van der Waals surface area contributed by atoms with Crippen molar-refractivity contribution >= 4 is 74.5 Å². The second kappa shape index (κ2) is 9.40. The number of benzene rings is 3. The fraction of sp³-hybridized carbons (Fsp3) is 0.182. The number of fused-ring (bicyclic) bond motifs is 1. The van der Waals surface area contributed by atoms with Crippen molar-refractivity contribution in [3.8, 4) is 0 Å². The summed E-state index contributed by atoms with van der Waals surface area (Å²) in [5.74, 6) is -0.384. The summed E-state index contributed by atoms with van der Waals surface area (Å²) < 4.78 is -1.84. The average Bonchev–Trinajstić information content (AvgIpc) is 2.69. The Morgan fingerprint density at radius 3 is 2.40 bits per heavy atom. The van der Waals surface area contributed by atoms with Gasteiger partial charge in [-0.25, -0.2) is 0 Å². The van der Waals surface area contributed by atoms with E-state index in [0.29, 0.717) is 5.56 Å². The molecule has 0 aliphatic heterocycles. The summed E-state index contributed by atoms with van der Waals surface area (Å²) in [5.41, 5.74) is 3.39. The van der Waals surface area contributed by atoms with E-state index < -0.39 is 9.96 Å². The van der Waals surface area contributed by atoms with E-state index in [9.17, 15) is 4.79 Å². The summed E-state index contributed by atoms with van der Waals surface area (Å²) in [7, 11) is 0. The van der Waals surface area contributed by atoms with Gasteiger partial charge in [0.25, 0.3) is 5.91 Å². The van der Waals surface area contributed by atoms with Crippen molar-refractivity contribution < 1.29 is 4.79 Å². The van der Waals surface area contributed by atoms with Crippen LogP contribution in [0.2, 0.25) is 0 Å². The largest absolute Gasteiger partial charge is 0.339 e. The van der Waals surface area contributed by atoms with Gasteiger partial charge in [0, 0.05) is 11.3 Å². The third kappa shape index (κ3) is 5.55. The molecule has 3 aromatic carbocycles. The number of anilines is 1. The fourth-order valence-electron chi connectivity index (χ4n) is 2.99. The van der Waals surface area contributed by atoms with Crippen molar-refractivity contribution in [1.82, 2.24) is 10.6 Å². The summed E-state index contributed by atoms with van der Waals surface area (Å²) in [4.78, 5) is 13.0. The maximum absolute atomic E-state index is 13.0. The van der Waals surface area contributed by atoms with E-state index in [-0.39, 0.29) is 11.0 Å². The molecule has 0 aliphatic carbocycles. The Kier molecular flexibility index (Phi) is 7.09. The zero-order valence-corrected chi connectivity index (χ0v) is 19.4. The first-order valence-corrected chi connectivity index (χ1v) is 10.7. The van der Waals surface area contributed by atoms with Crippen LogP contribution in [-0.2, 0) is 0 Å². The molecule has 0 bridgehead atoms. The maximum atomic E-state index is 13.0. The Labute approximate surface area is 195 Å². The molecule has 8 heteroatoms. The Morgan fingerprint density at radius 2 is 1.67 bits per heavy atom. The number of hydrogen-bond donors (Lipinski definition) is 3. The molecule has 0 fully saturated rings. The van der Waals surface area contributed by atoms with Gasteiger partial charge in [-0.05, 0) is 60.1 Å². The Balaban J connectivity index is 1.78. The van der Waals surface area contributed by atoms with E-state index in [1.54, 1.807) is 6.07 Å². The number of carbonyl (C=O) groups excluding carboxylic acids is 1. The van der Waals surface area contributed by atoms with Crippen LogP contribution in [0.1, 0.15) is 21.5 Å². The fourth-order valence-corrected chi connectivity index (χ4v) is 3.55. The number of halogens is 3. The molecule has 0 spiro atoms. The lowest BCUT2D eigenvalue weighted by atomic mass is 10.0. The van der Waals surface area contributed by atoms with Crippen LogP contribution in [0.5, 0.6) is 0 Å². The van der Waals surface area contributed by atoms with E-state index >= 15 is 0 Å². The first-order valence-electron chi connectivity index (χ1n) is 9.15. The third-order valence-corrected chi connectivity index (χ3v) is 5.43. The molecular formula is C22H20Cl3N3OS. The van der Waals surface area contributed by atoms with Crippen molar-refractivity contribution in [2.75, 3.05) is 5.32 Å². The minimum atomic E-state index is -1.84.